The largest absolute Gasteiger partial charge is 0.454 e. The quantitative estimate of drug-likeness (QED) is 0.703. The number of halogens is 1. The lowest BCUT2D eigenvalue weighted by Crippen LogP contribution is -2.37. The summed E-state index contributed by atoms with van der Waals surface area (Å²) in [6.07, 6.45) is 0. The van der Waals surface area contributed by atoms with E-state index in [1.807, 2.05) is 23.1 Å². The lowest BCUT2D eigenvalue weighted by atomic mass is 10.1. The van der Waals surface area contributed by atoms with Gasteiger partial charge in [0.1, 0.15) is 5.88 Å². The summed E-state index contributed by atoms with van der Waals surface area (Å²) in [4.78, 5) is 17.6. The molecule has 0 aromatic heterocycles. The third-order valence-electron chi connectivity index (χ3n) is 4.30. The highest BCUT2D eigenvalue weighted by molar-refractivity contribution is 8.15. The summed E-state index contributed by atoms with van der Waals surface area (Å²) in [7, 11) is -3.07. The van der Waals surface area contributed by atoms with Gasteiger partial charge in [0.05, 0.1) is 17.5 Å². The van der Waals surface area contributed by atoms with Gasteiger partial charge in [-0.2, -0.15) is 4.99 Å². The van der Waals surface area contributed by atoms with E-state index in [4.69, 9.17) is 21.1 Å². The summed E-state index contributed by atoms with van der Waals surface area (Å²) in [6, 6.07) is 5.40. The number of fused-ring (bicyclic) bond motifs is 2. The highest BCUT2D eigenvalue weighted by Gasteiger charge is 2.48. The number of alkyl halides is 1. The van der Waals surface area contributed by atoms with E-state index in [1.165, 1.54) is 11.8 Å². The molecule has 134 valence electrons. The summed E-state index contributed by atoms with van der Waals surface area (Å²) in [5.41, 5.74) is 0.931. The number of aliphatic imine (C=N–C) groups is 1. The molecule has 2 atom stereocenters. The van der Waals surface area contributed by atoms with Gasteiger partial charge in [0.15, 0.2) is 26.5 Å². The van der Waals surface area contributed by atoms with Gasteiger partial charge >= 0.3 is 0 Å². The first-order chi connectivity index (χ1) is 11.9. The van der Waals surface area contributed by atoms with E-state index in [0.717, 1.165) is 5.56 Å². The maximum Gasteiger partial charge on any atom is 0.262 e. The first-order valence-corrected chi connectivity index (χ1v) is 10.9. The lowest BCUT2D eigenvalue weighted by Gasteiger charge is -2.24. The highest BCUT2D eigenvalue weighted by atomic mass is 35.5. The van der Waals surface area contributed by atoms with Crippen LogP contribution in [0.3, 0.4) is 0 Å². The van der Waals surface area contributed by atoms with E-state index in [-0.39, 0.29) is 35.5 Å². The number of thioether (sulfide) groups is 1. The van der Waals surface area contributed by atoms with E-state index in [2.05, 4.69) is 4.99 Å². The predicted molar refractivity (Wildman–Crippen MR) is 95.1 cm³/mol. The number of amides is 1. The number of amidine groups is 1. The molecule has 0 unspecified atom stereocenters. The molecule has 0 N–H and O–H groups in total. The van der Waals surface area contributed by atoms with Crippen molar-refractivity contribution in [3.63, 3.8) is 0 Å². The maximum absolute atomic E-state index is 12.0. The average Bonchev–Trinajstić information content (AvgIpc) is 3.21. The number of sulfone groups is 1. The second-order valence-corrected chi connectivity index (χ2v) is 9.67. The molecule has 1 aromatic rings. The standard InChI is InChI=1S/C15H15ClN2O5S2/c16-4-14(19)17-15-18(10-6-25(20,21)7-13(10)24-15)5-9-1-2-11-12(3-9)23-8-22-11/h1-3,10,13H,4-8H2/t10-,13-/m0/s1. The van der Waals surface area contributed by atoms with Crippen molar-refractivity contribution in [3.05, 3.63) is 23.8 Å². The topological polar surface area (TPSA) is 85.3 Å². The van der Waals surface area contributed by atoms with Crippen molar-refractivity contribution in [3.8, 4) is 11.5 Å². The molecule has 3 heterocycles. The van der Waals surface area contributed by atoms with Gasteiger partial charge in [-0.1, -0.05) is 17.8 Å². The Hall–Kier alpha value is -1.45. The van der Waals surface area contributed by atoms with Crippen LogP contribution < -0.4 is 9.47 Å². The minimum Gasteiger partial charge on any atom is -0.454 e. The molecule has 2 saturated heterocycles. The molecule has 0 saturated carbocycles. The Kier molecular flexibility index (Phi) is 4.33. The van der Waals surface area contributed by atoms with Crippen LogP contribution in [0.5, 0.6) is 11.5 Å². The zero-order chi connectivity index (χ0) is 17.6. The Labute approximate surface area is 154 Å². The van der Waals surface area contributed by atoms with Gasteiger partial charge in [0.2, 0.25) is 6.79 Å². The van der Waals surface area contributed by atoms with E-state index in [0.29, 0.717) is 23.2 Å². The Morgan fingerprint density at radius 2 is 2.12 bits per heavy atom. The Balaban J connectivity index is 1.63. The van der Waals surface area contributed by atoms with Gasteiger partial charge in [0.25, 0.3) is 5.91 Å². The van der Waals surface area contributed by atoms with Gasteiger partial charge < -0.3 is 14.4 Å². The van der Waals surface area contributed by atoms with Crippen molar-refractivity contribution in [2.24, 2.45) is 4.99 Å². The van der Waals surface area contributed by atoms with Crippen molar-refractivity contribution in [2.75, 3.05) is 24.2 Å². The second-order valence-electron chi connectivity index (χ2n) is 6.04. The van der Waals surface area contributed by atoms with Crippen molar-refractivity contribution < 1.29 is 22.7 Å². The smallest absolute Gasteiger partial charge is 0.262 e. The first-order valence-electron chi connectivity index (χ1n) is 7.65. The van der Waals surface area contributed by atoms with Crippen LogP contribution in [0, 0.1) is 0 Å². The number of benzene rings is 1. The number of nitrogens with zero attached hydrogens (tertiary/aromatic N) is 2. The Morgan fingerprint density at radius 1 is 1.32 bits per heavy atom. The van der Waals surface area contributed by atoms with E-state index >= 15 is 0 Å². The predicted octanol–water partition coefficient (Wildman–Crippen LogP) is 1.25. The van der Waals surface area contributed by atoms with Crippen LogP contribution >= 0.6 is 23.4 Å². The van der Waals surface area contributed by atoms with Gasteiger partial charge in [-0.05, 0) is 17.7 Å². The summed E-state index contributed by atoms with van der Waals surface area (Å²) >= 11 is 6.90. The van der Waals surface area contributed by atoms with E-state index < -0.39 is 15.7 Å². The molecule has 2 fully saturated rings. The van der Waals surface area contributed by atoms with Crippen LogP contribution in [0.15, 0.2) is 23.2 Å². The summed E-state index contributed by atoms with van der Waals surface area (Å²) < 4.78 is 34.6. The van der Waals surface area contributed by atoms with Gasteiger partial charge in [0, 0.05) is 11.8 Å². The molecule has 0 bridgehead atoms. The fourth-order valence-corrected chi connectivity index (χ4v) is 7.22. The van der Waals surface area contributed by atoms with Crippen LogP contribution in [0.25, 0.3) is 0 Å². The molecule has 1 amide bonds. The molecule has 0 radical (unpaired) electrons. The van der Waals surface area contributed by atoms with Crippen LogP contribution in [-0.2, 0) is 21.2 Å². The molecule has 4 rings (SSSR count). The molecule has 0 aliphatic carbocycles. The number of hydrogen-bond acceptors (Lipinski definition) is 6. The molecule has 25 heavy (non-hydrogen) atoms. The second kappa shape index (κ2) is 6.37. The van der Waals surface area contributed by atoms with Crippen LogP contribution in [0.2, 0.25) is 0 Å². The molecular weight excluding hydrogens is 388 g/mol. The fourth-order valence-electron chi connectivity index (χ4n) is 3.19. The number of carbonyl (C=O) groups is 1. The lowest BCUT2D eigenvalue weighted by molar-refractivity contribution is -0.115. The number of ether oxygens (including phenoxy) is 2. The highest BCUT2D eigenvalue weighted by Crippen LogP contribution is 2.40. The number of hydrogen-bond donors (Lipinski definition) is 0. The Morgan fingerprint density at radius 3 is 2.92 bits per heavy atom. The van der Waals surface area contributed by atoms with Gasteiger partial charge in [-0.3, -0.25) is 4.79 Å². The molecule has 1 aromatic carbocycles. The summed E-state index contributed by atoms with van der Waals surface area (Å²) in [5.74, 6) is 0.900. The van der Waals surface area contributed by atoms with Crippen LogP contribution in [-0.4, -0.2) is 59.9 Å². The number of carbonyl (C=O) groups excluding carboxylic acids is 1. The minimum absolute atomic E-state index is 0.0727. The third kappa shape index (κ3) is 3.32. The molecule has 0 spiro atoms. The number of rotatable bonds is 3. The molecule has 3 aliphatic heterocycles. The minimum atomic E-state index is -3.07. The van der Waals surface area contributed by atoms with Crippen LogP contribution in [0.4, 0.5) is 0 Å². The molecular formula is C15H15ClN2O5S2. The maximum atomic E-state index is 12.0. The molecule has 7 nitrogen and oxygen atoms in total. The monoisotopic (exact) mass is 402 g/mol. The summed E-state index contributed by atoms with van der Waals surface area (Å²) in [5, 5.41) is 0.425. The van der Waals surface area contributed by atoms with Crippen molar-refractivity contribution in [1.29, 1.82) is 0 Å². The zero-order valence-corrected chi connectivity index (χ0v) is 15.4. The third-order valence-corrected chi connectivity index (χ3v) is 7.78. The van der Waals surface area contributed by atoms with Crippen molar-refractivity contribution >= 4 is 44.3 Å². The normalized spacial score (nSPS) is 27.7. The summed E-state index contributed by atoms with van der Waals surface area (Å²) in [6.45, 7) is 0.632. The zero-order valence-electron chi connectivity index (χ0n) is 13.1. The van der Waals surface area contributed by atoms with Crippen LogP contribution in [0.1, 0.15) is 5.56 Å². The molecule has 10 heteroatoms. The fraction of sp³-hybridized carbons (Fsp3) is 0.467. The first kappa shape index (κ1) is 17.0. The average molecular weight is 403 g/mol. The van der Waals surface area contributed by atoms with Gasteiger partial charge in [-0.25, -0.2) is 8.42 Å². The SMILES string of the molecule is O=C(CCl)N=C1S[C@H]2CS(=O)(=O)C[C@@H]2N1Cc1ccc2c(c1)OCO2. The van der Waals surface area contributed by atoms with Crippen molar-refractivity contribution in [1.82, 2.24) is 4.90 Å². The van der Waals surface area contributed by atoms with E-state index in [1.54, 1.807) is 0 Å². The van der Waals surface area contributed by atoms with Crippen molar-refractivity contribution in [2.45, 2.75) is 17.8 Å². The Bertz CT molecular complexity index is 857. The molecule has 3 aliphatic rings. The van der Waals surface area contributed by atoms with Gasteiger partial charge in [-0.15, -0.1) is 11.6 Å². The van der Waals surface area contributed by atoms with E-state index in [9.17, 15) is 13.2 Å².